The third kappa shape index (κ3) is 1.19. The molecule has 0 radical (unpaired) electrons. The molecule has 6 heteroatoms. The van der Waals surface area contributed by atoms with Gasteiger partial charge in [-0.2, -0.15) is 0 Å². The number of hydrogen-bond donors (Lipinski definition) is 0. The highest BCUT2D eigenvalue weighted by molar-refractivity contribution is 6.31. The van der Waals surface area contributed by atoms with Crippen LogP contribution < -0.4 is 0 Å². The number of nitrogens with zero attached hydrogens (tertiary/aromatic N) is 3. The quantitative estimate of drug-likeness (QED) is 0.476. The van der Waals surface area contributed by atoms with E-state index in [2.05, 4.69) is 5.10 Å². The molecular weight excluding hydrogens is 170 g/mol. The van der Waals surface area contributed by atoms with Gasteiger partial charge >= 0.3 is 0 Å². The van der Waals surface area contributed by atoms with Gasteiger partial charge in [0.2, 0.25) is 0 Å². The minimum Gasteiger partial charge on any atom is -0.339 e. The van der Waals surface area contributed by atoms with Crippen molar-refractivity contribution in [3.8, 4) is 0 Å². The molecule has 11 heavy (non-hydrogen) atoms. The molecule has 1 aromatic heterocycles. The summed E-state index contributed by atoms with van der Waals surface area (Å²) in [5.41, 5.74) is 0.829. The molecule has 0 fully saturated rings. The minimum absolute atomic E-state index is 0.349. The molecule has 0 aliphatic carbocycles. The van der Waals surface area contributed by atoms with Crippen LogP contribution in [0.2, 0.25) is 5.02 Å². The van der Waals surface area contributed by atoms with Crippen LogP contribution in [-0.4, -0.2) is 14.9 Å². The first-order chi connectivity index (χ1) is 5.04. The molecule has 60 valence electrons. The van der Waals surface area contributed by atoms with Crippen molar-refractivity contribution in [2.75, 3.05) is 0 Å². The predicted molar refractivity (Wildman–Crippen MR) is 39.1 cm³/mol. The topological polar surface area (TPSA) is 61.0 Å². The molecule has 1 heterocycles. The van der Waals surface area contributed by atoms with E-state index < -0.39 is 5.03 Å². The Balaban J connectivity index is 3.29. The lowest BCUT2D eigenvalue weighted by Crippen LogP contribution is -2.11. The molecule has 0 saturated heterocycles. The van der Waals surface area contributed by atoms with Gasteiger partial charge < -0.3 is 10.1 Å². The first kappa shape index (κ1) is 8.00. The average Bonchev–Trinajstić information content (AvgIpc) is 2.17. The van der Waals surface area contributed by atoms with E-state index in [0.29, 0.717) is 21.2 Å². The molecule has 1 aromatic rings. The fraction of sp³-hybridized carbons (Fsp3) is 0.400. The minimum atomic E-state index is -0.617. The third-order valence-corrected chi connectivity index (χ3v) is 1.88. The van der Waals surface area contributed by atoms with E-state index in [9.17, 15) is 10.1 Å². The highest BCUT2D eigenvalue weighted by atomic mass is 35.5. The molecular formula is C5H6ClN3O2. The van der Waals surface area contributed by atoms with Gasteiger partial charge in [0.05, 0.1) is 5.03 Å². The van der Waals surface area contributed by atoms with Crippen LogP contribution in [0.4, 0.5) is 0 Å². The van der Waals surface area contributed by atoms with Crippen molar-refractivity contribution >= 4 is 11.6 Å². The Morgan fingerprint density at radius 2 is 2.18 bits per heavy atom. The Labute approximate surface area is 67.7 Å². The van der Waals surface area contributed by atoms with Crippen LogP contribution in [0.25, 0.3) is 0 Å². The van der Waals surface area contributed by atoms with Crippen LogP contribution in [0.15, 0.2) is 0 Å². The molecule has 0 spiro atoms. The van der Waals surface area contributed by atoms with Crippen molar-refractivity contribution in [1.82, 2.24) is 9.89 Å². The van der Waals surface area contributed by atoms with Crippen LogP contribution in [-0.2, 0) is 0 Å². The Bertz CT molecular complexity index is 307. The zero-order chi connectivity index (χ0) is 8.59. The number of rotatable bonds is 1. The molecule has 0 bridgehead atoms. The van der Waals surface area contributed by atoms with Crippen LogP contribution in [0.1, 0.15) is 11.4 Å². The first-order valence-electron chi connectivity index (χ1n) is 2.90. The molecule has 0 aliphatic rings. The Morgan fingerprint density at radius 3 is 2.36 bits per heavy atom. The van der Waals surface area contributed by atoms with Gasteiger partial charge in [-0.25, -0.2) is 0 Å². The van der Waals surface area contributed by atoms with E-state index in [1.807, 2.05) is 0 Å². The monoisotopic (exact) mass is 175 g/mol. The molecule has 0 amide bonds. The summed E-state index contributed by atoms with van der Waals surface area (Å²) in [6, 6.07) is 0. The SMILES string of the molecule is Cc1nn([N+](=O)[O-])c(C)c1Cl. The molecule has 0 unspecified atom stereocenters. The number of nitro groups is 1. The Hall–Kier alpha value is -1.10. The zero-order valence-corrected chi connectivity index (χ0v) is 6.79. The van der Waals surface area contributed by atoms with Gasteiger partial charge in [-0.1, -0.05) is 11.6 Å². The summed E-state index contributed by atoms with van der Waals surface area (Å²) in [6.07, 6.45) is 0. The largest absolute Gasteiger partial charge is 0.339 e. The van der Waals surface area contributed by atoms with Crippen molar-refractivity contribution in [3.05, 3.63) is 26.5 Å². The standard InChI is InChI=1S/C5H6ClN3O2/c1-3-5(6)4(2)8(7-3)9(10)11/h1-2H3. The van der Waals surface area contributed by atoms with E-state index in [0.717, 1.165) is 0 Å². The van der Waals surface area contributed by atoms with Crippen molar-refractivity contribution < 1.29 is 5.03 Å². The van der Waals surface area contributed by atoms with Crippen molar-refractivity contribution in [1.29, 1.82) is 0 Å². The van der Waals surface area contributed by atoms with Gasteiger partial charge in [-0.05, 0) is 6.92 Å². The van der Waals surface area contributed by atoms with E-state index in [-0.39, 0.29) is 0 Å². The molecule has 1 rings (SSSR count). The van der Waals surface area contributed by atoms with Crippen molar-refractivity contribution in [3.63, 3.8) is 0 Å². The average molecular weight is 176 g/mol. The lowest BCUT2D eigenvalue weighted by atomic mass is 10.4. The van der Waals surface area contributed by atoms with Gasteiger partial charge in [0.15, 0.2) is 5.69 Å². The zero-order valence-electron chi connectivity index (χ0n) is 6.04. The maximum Gasteiger partial charge on any atom is 0.196 e. The van der Waals surface area contributed by atoms with Crippen molar-refractivity contribution in [2.24, 2.45) is 0 Å². The molecule has 5 nitrogen and oxygen atoms in total. The second-order valence-electron chi connectivity index (χ2n) is 2.11. The van der Waals surface area contributed by atoms with Gasteiger partial charge in [-0.15, -0.1) is 0 Å². The van der Waals surface area contributed by atoms with Gasteiger partial charge in [0, 0.05) is 16.8 Å². The molecule has 0 saturated carbocycles. The second-order valence-corrected chi connectivity index (χ2v) is 2.49. The van der Waals surface area contributed by atoms with Gasteiger partial charge in [-0.3, -0.25) is 0 Å². The van der Waals surface area contributed by atoms with Crippen LogP contribution in [0, 0.1) is 24.0 Å². The number of hydrogen-bond acceptors (Lipinski definition) is 3. The summed E-state index contributed by atoms with van der Waals surface area (Å²) in [7, 11) is 0. The highest BCUT2D eigenvalue weighted by Crippen LogP contribution is 2.17. The normalized spacial score (nSPS) is 10.1. The summed E-state index contributed by atoms with van der Waals surface area (Å²) < 4.78 is 0. The van der Waals surface area contributed by atoms with Gasteiger partial charge in [0.1, 0.15) is 10.7 Å². The molecule has 0 N–H and O–H groups in total. The maximum absolute atomic E-state index is 10.2. The summed E-state index contributed by atoms with van der Waals surface area (Å²) in [4.78, 5) is 10.9. The highest BCUT2D eigenvalue weighted by Gasteiger charge is 2.17. The van der Waals surface area contributed by atoms with E-state index >= 15 is 0 Å². The van der Waals surface area contributed by atoms with Crippen LogP contribution in [0.5, 0.6) is 0 Å². The molecule has 0 aromatic carbocycles. The third-order valence-electron chi connectivity index (χ3n) is 1.33. The Kier molecular flexibility index (Phi) is 1.82. The number of aryl methyl sites for hydroxylation is 1. The van der Waals surface area contributed by atoms with Crippen molar-refractivity contribution in [2.45, 2.75) is 13.8 Å². The summed E-state index contributed by atoms with van der Waals surface area (Å²) >= 11 is 5.65. The molecule has 0 atom stereocenters. The summed E-state index contributed by atoms with van der Waals surface area (Å²) in [6.45, 7) is 3.17. The summed E-state index contributed by atoms with van der Waals surface area (Å²) in [5.74, 6) is 0. The lowest BCUT2D eigenvalue weighted by Gasteiger charge is -1.91. The fourth-order valence-corrected chi connectivity index (χ4v) is 0.883. The fourth-order valence-electron chi connectivity index (χ4n) is 0.770. The van der Waals surface area contributed by atoms with E-state index in [1.165, 1.54) is 0 Å². The van der Waals surface area contributed by atoms with E-state index in [1.54, 1.807) is 13.8 Å². The smallest absolute Gasteiger partial charge is 0.196 e. The number of aromatic nitrogens is 2. The summed E-state index contributed by atoms with van der Waals surface area (Å²) in [5, 5.41) is 13.6. The lowest BCUT2D eigenvalue weighted by molar-refractivity contribution is -0.554. The predicted octanol–water partition coefficient (Wildman–Crippen LogP) is 1.19. The first-order valence-corrected chi connectivity index (χ1v) is 3.28. The van der Waals surface area contributed by atoms with Crippen LogP contribution in [0.3, 0.4) is 0 Å². The van der Waals surface area contributed by atoms with E-state index in [4.69, 9.17) is 11.6 Å². The maximum atomic E-state index is 10.2. The number of halogens is 1. The molecule has 0 aliphatic heterocycles. The van der Waals surface area contributed by atoms with Gasteiger partial charge in [0.25, 0.3) is 0 Å². The second kappa shape index (κ2) is 2.50. The Morgan fingerprint density at radius 1 is 1.64 bits per heavy atom. The van der Waals surface area contributed by atoms with Crippen LogP contribution >= 0.6 is 11.6 Å².